The molecule has 7 nitrogen and oxygen atoms in total. The first-order valence-electron chi connectivity index (χ1n) is 8.03. The topological polar surface area (TPSA) is 100 Å². The van der Waals surface area contributed by atoms with Crippen LogP contribution in [-0.2, 0) is 20.1 Å². The fourth-order valence-electron chi connectivity index (χ4n) is 2.79. The van der Waals surface area contributed by atoms with Crippen LogP contribution in [0.15, 0.2) is 35.1 Å². The van der Waals surface area contributed by atoms with Crippen LogP contribution in [0, 0.1) is 6.92 Å². The Morgan fingerprint density at radius 3 is 2.64 bits per heavy atom. The summed E-state index contributed by atoms with van der Waals surface area (Å²) < 4.78 is 1.52. The van der Waals surface area contributed by atoms with Crippen molar-refractivity contribution in [2.45, 2.75) is 20.0 Å². The molecule has 25 heavy (non-hydrogen) atoms. The summed E-state index contributed by atoms with van der Waals surface area (Å²) in [6.07, 6.45) is 0.663. The van der Waals surface area contributed by atoms with Crippen LogP contribution in [0.25, 0.3) is 11.0 Å². The smallest absolute Gasteiger partial charge is 0.274 e. The van der Waals surface area contributed by atoms with Crippen molar-refractivity contribution >= 4 is 16.9 Å². The summed E-state index contributed by atoms with van der Waals surface area (Å²) in [4.78, 5) is 28.9. The van der Waals surface area contributed by atoms with Crippen LogP contribution in [-0.4, -0.2) is 32.3 Å². The molecule has 1 aromatic carbocycles. The standard InChI is InChI=1S/C18H20N4O3/c1-11-9-14(15-16(20-11)22(2)21-18(15)25)17(24)19-8-7-12-3-5-13(10-23)6-4-12/h3-6,9,23H,7-8,10H2,1-2H3,(H,19,24)(H,21,25). The lowest BCUT2D eigenvalue weighted by molar-refractivity contribution is 0.0955. The fraction of sp³-hybridized carbons (Fsp3) is 0.278. The Morgan fingerprint density at radius 2 is 1.96 bits per heavy atom. The Morgan fingerprint density at radius 1 is 1.28 bits per heavy atom. The molecule has 0 unspecified atom stereocenters. The van der Waals surface area contributed by atoms with Gasteiger partial charge >= 0.3 is 0 Å². The van der Waals surface area contributed by atoms with E-state index in [0.717, 1.165) is 11.1 Å². The first kappa shape index (κ1) is 16.9. The number of nitrogens with zero attached hydrogens (tertiary/aromatic N) is 2. The summed E-state index contributed by atoms with van der Waals surface area (Å²) in [6.45, 7) is 2.25. The minimum Gasteiger partial charge on any atom is -0.392 e. The second-order valence-corrected chi connectivity index (χ2v) is 5.99. The molecule has 1 amide bonds. The summed E-state index contributed by atoms with van der Waals surface area (Å²) in [7, 11) is 1.69. The third-order valence-corrected chi connectivity index (χ3v) is 4.09. The van der Waals surface area contributed by atoms with Crippen molar-refractivity contribution in [1.82, 2.24) is 20.1 Å². The molecule has 2 heterocycles. The zero-order chi connectivity index (χ0) is 18.0. The van der Waals surface area contributed by atoms with Gasteiger partial charge in [-0.2, -0.15) is 0 Å². The molecule has 7 heteroatoms. The van der Waals surface area contributed by atoms with E-state index in [2.05, 4.69) is 15.4 Å². The average molecular weight is 340 g/mol. The average Bonchev–Trinajstić information content (AvgIpc) is 2.88. The molecule has 0 saturated heterocycles. The lowest BCUT2D eigenvalue weighted by atomic mass is 10.1. The van der Waals surface area contributed by atoms with Gasteiger partial charge in [-0.05, 0) is 30.5 Å². The summed E-state index contributed by atoms with van der Waals surface area (Å²) in [5.74, 6) is -0.292. The number of carbonyl (C=O) groups is 1. The molecule has 3 aromatic rings. The number of aryl methyl sites for hydroxylation is 2. The molecule has 2 aromatic heterocycles. The van der Waals surface area contributed by atoms with E-state index in [1.807, 2.05) is 24.3 Å². The van der Waals surface area contributed by atoms with E-state index < -0.39 is 0 Å². The number of benzene rings is 1. The number of pyridine rings is 1. The maximum atomic E-state index is 12.5. The van der Waals surface area contributed by atoms with Crippen molar-refractivity contribution in [2.75, 3.05) is 6.54 Å². The molecule has 0 aliphatic heterocycles. The van der Waals surface area contributed by atoms with Crippen LogP contribution in [0.1, 0.15) is 27.2 Å². The minimum absolute atomic E-state index is 0.0139. The minimum atomic E-state index is -0.324. The number of aromatic nitrogens is 3. The van der Waals surface area contributed by atoms with Gasteiger partial charge in [0.2, 0.25) is 0 Å². The summed E-state index contributed by atoms with van der Waals surface area (Å²) in [5, 5.41) is 14.8. The van der Waals surface area contributed by atoms with E-state index in [9.17, 15) is 9.59 Å². The van der Waals surface area contributed by atoms with E-state index in [1.165, 1.54) is 4.68 Å². The maximum Gasteiger partial charge on any atom is 0.274 e. The molecule has 0 atom stereocenters. The number of fused-ring (bicyclic) bond motifs is 1. The van der Waals surface area contributed by atoms with E-state index >= 15 is 0 Å². The highest BCUT2D eigenvalue weighted by molar-refractivity contribution is 6.05. The normalized spacial score (nSPS) is 11.0. The van der Waals surface area contributed by atoms with Crippen molar-refractivity contribution in [3.63, 3.8) is 0 Å². The predicted octanol–water partition coefficient (Wildman–Crippen LogP) is 1.03. The van der Waals surface area contributed by atoms with Gasteiger partial charge in [-0.3, -0.25) is 19.4 Å². The fourth-order valence-corrected chi connectivity index (χ4v) is 2.79. The number of hydrogen-bond donors (Lipinski definition) is 3. The van der Waals surface area contributed by atoms with Gasteiger partial charge in [0.1, 0.15) is 0 Å². The first-order chi connectivity index (χ1) is 12.0. The van der Waals surface area contributed by atoms with Crippen LogP contribution in [0.4, 0.5) is 0 Å². The number of H-pyrrole nitrogens is 1. The number of aromatic amines is 1. The first-order valence-corrected chi connectivity index (χ1v) is 8.03. The van der Waals surface area contributed by atoms with E-state index in [0.29, 0.717) is 35.3 Å². The Kier molecular flexibility index (Phi) is 4.67. The molecule has 0 fully saturated rings. The molecule has 3 N–H and O–H groups in total. The maximum absolute atomic E-state index is 12.5. The number of nitrogens with one attached hydrogen (secondary N) is 2. The van der Waals surface area contributed by atoms with Gasteiger partial charge in [-0.1, -0.05) is 24.3 Å². The van der Waals surface area contributed by atoms with Crippen molar-refractivity contribution in [3.8, 4) is 0 Å². The lowest BCUT2D eigenvalue weighted by Crippen LogP contribution is -2.27. The van der Waals surface area contributed by atoms with Gasteiger partial charge in [-0.15, -0.1) is 0 Å². The Hall–Kier alpha value is -2.93. The van der Waals surface area contributed by atoms with E-state index in [4.69, 9.17) is 5.11 Å². The van der Waals surface area contributed by atoms with Gasteiger partial charge in [0.15, 0.2) is 5.65 Å². The zero-order valence-electron chi connectivity index (χ0n) is 14.2. The van der Waals surface area contributed by atoms with Gasteiger partial charge in [0.25, 0.3) is 11.5 Å². The molecular formula is C18H20N4O3. The molecule has 130 valence electrons. The molecule has 3 rings (SSSR count). The van der Waals surface area contributed by atoms with E-state index in [-0.39, 0.29) is 18.1 Å². The van der Waals surface area contributed by atoms with Crippen LogP contribution in [0.5, 0.6) is 0 Å². The number of aliphatic hydroxyl groups is 1. The van der Waals surface area contributed by atoms with E-state index in [1.54, 1.807) is 20.0 Å². The van der Waals surface area contributed by atoms with Crippen LogP contribution in [0.2, 0.25) is 0 Å². The summed E-state index contributed by atoms with van der Waals surface area (Å²) in [5.41, 5.74) is 3.06. The molecule has 0 aliphatic carbocycles. The Balaban J connectivity index is 1.75. The summed E-state index contributed by atoms with van der Waals surface area (Å²) >= 11 is 0. The number of aliphatic hydroxyl groups excluding tert-OH is 1. The molecule has 0 radical (unpaired) electrons. The number of hydrogen-bond acceptors (Lipinski definition) is 4. The van der Waals surface area contributed by atoms with Crippen LogP contribution < -0.4 is 10.9 Å². The highest BCUT2D eigenvalue weighted by Gasteiger charge is 2.17. The van der Waals surface area contributed by atoms with Crippen LogP contribution >= 0.6 is 0 Å². The lowest BCUT2D eigenvalue weighted by Gasteiger charge is -2.07. The van der Waals surface area contributed by atoms with Crippen LogP contribution in [0.3, 0.4) is 0 Å². The van der Waals surface area contributed by atoms with Crippen molar-refractivity contribution in [3.05, 3.63) is 63.1 Å². The highest BCUT2D eigenvalue weighted by atomic mass is 16.3. The quantitative estimate of drug-likeness (QED) is 0.646. The molecule has 0 spiro atoms. The molecule has 0 saturated carbocycles. The molecule has 0 aliphatic rings. The van der Waals surface area contributed by atoms with Gasteiger partial charge < -0.3 is 10.4 Å². The van der Waals surface area contributed by atoms with Crippen molar-refractivity contribution in [1.29, 1.82) is 0 Å². The monoisotopic (exact) mass is 340 g/mol. The third kappa shape index (κ3) is 3.46. The largest absolute Gasteiger partial charge is 0.392 e. The number of amides is 1. The zero-order valence-corrected chi connectivity index (χ0v) is 14.2. The Labute approximate surface area is 144 Å². The van der Waals surface area contributed by atoms with Gasteiger partial charge in [0.05, 0.1) is 17.6 Å². The number of carbonyl (C=O) groups excluding carboxylic acids is 1. The predicted molar refractivity (Wildman–Crippen MR) is 94.5 cm³/mol. The van der Waals surface area contributed by atoms with Crippen molar-refractivity contribution < 1.29 is 9.90 Å². The van der Waals surface area contributed by atoms with Gasteiger partial charge in [0, 0.05) is 19.3 Å². The molecular weight excluding hydrogens is 320 g/mol. The second-order valence-electron chi connectivity index (χ2n) is 5.99. The van der Waals surface area contributed by atoms with Gasteiger partial charge in [-0.25, -0.2) is 4.98 Å². The third-order valence-electron chi connectivity index (χ3n) is 4.09. The summed E-state index contributed by atoms with van der Waals surface area (Å²) in [6, 6.07) is 9.19. The second kappa shape index (κ2) is 6.90. The van der Waals surface area contributed by atoms with Crippen molar-refractivity contribution in [2.24, 2.45) is 7.05 Å². The SMILES string of the molecule is Cc1cc(C(=O)NCCc2ccc(CO)cc2)c2c(=O)[nH]n(C)c2n1. The molecule has 0 bridgehead atoms. The Bertz CT molecular complexity index is 970. The highest BCUT2D eigenvalue weighted by Crippen LogP contribution is 2.14. The number of rotatable bonds is 5.